The lowest BCUT2D eigenvalue weighted by molar-refractivity contribution is 0.379. The Balaban J connectivity index is 2.33. The highest BCUT2D eigenvalue weighted by Crippen LogP contribution is 2.29. The van der Waals surface area contributed by atoms with Crippen molar-refractivity contribution in [2.45, 2.75) is 0 Å². The average molecular weight is 341 g/mol. The second-order valence-electron chi connectivity index (χ2n) is 3.58. The van der Waals surface area contributed by atoms with Crippen molar-refractivity contribution < 1.29 is 9.47 Å². The number of benzene rings is 1. The number of rotatable bonds is 5. The third kappa shape index (κ3) is 3.25. The van der Waals surface area contributed by atoms with Crippen molar-refractivity contribution in [1.29, 1.82) is 0 Å². The average Bonchev–Trinajstić information content (AvgIpc) is 2.49. The predicted octanol–water partition coefficient (Wildman–Crippen LogP) is 1.68. The number of ether oxygens (including phenoxy) is 2. The van der Waals surface area contributed by atoms with Crippen LogP contribution >= 0.6 is 15.9 Å². The number of hydrogen-bond donors (Lipinski definition) is 3. The minimum atomic E-state index is 0.148. The lowest BCUT2D eigenvalue weighted by Gasteiger charge is -2.10. The Bertz CT molecular complexity index is 587. The highest BCUT2D eigenvalue weighted by atomic mass is 79.9. The Kier molecular flexibility index (Phi) is 4.53. The summed E-state index contributed by atoms with van der Waals surface area (Å²) in [6.45, 7) is 0. The van der Waals surface area contributed by atoms with Crippen LogP contribution in [0.5, 0.6) is 11.8 Å². The Labute approximate surface area is 123 Å². The van der Waals surface area contributed by atoms with Crippen LogP contribution in [0, 0.1) is 0 Å². The first-order valence-electron chi connectivity index (χ1n) is 5.53. The molecule has 1 aromatic heterocycles. The van der Waals surface area contributed by atoms with Crippen LogP contribution in [0.15, 0.2) is 22.7 Å². The molecule has 1 heterocycles. The number of methoxy groups -OCH3 is 2. The molecule has 106 valence electrons. The summed E-state index contributed by atoms with van der Waals surface area (Å²) in [5, 5.41) is 3.03. The lowest BCUT2D eigenvalue weighted by Crippen LogP contribution is -2.13. The summed E-state index contributed by atoms with van der Waals surface area (Å²) in [4.78, 5) is 12.1. The molecule has 2 aromatic rings. The molecule has 0 radical (unpaired) electrons. The van der Waals surface area contributed by atoms with Crippen molar-refractivity contribution in [2.75, 3.05) is 25.0 Å². The van der Waals surface area contributed by atoms with E-state index in [0.29, 0.717) is 11.7 Å². The topological polar surface area (TPSA) is 107 Å². The Morgan fingerprint density at radius 1 is 1.10 bits per heavy atom. The van der Waals surface area contributed by atoms with Gasteiger partial charge in [0.05, 0.1) is 19.9 Å². The maximum absolute atomic E-state index is 5.30. The normalized spacial score (nSPS) is 10.0. The van der Waals surface area contributed by atoms with Crippen molar-refractivity contribution in [2.24, 2.45) is 5.84 Å². The molecule has 0 spiro atoms. The fourth-order valence-corrected chi connectivity index (χ4v) is 1.76. The van der Waals surface area contributed by atoms with Gasteiger partial charge in [-0.25, -0.2) is 5.84 Å². The minimum absolute atomic E-state index is 0.148. The van der Waals surface area contributed by atoms with Crippen molar-refractivity contribution in [3.05, 3.63) is 22.7 Å². The number of nitrogens with zero attached hydrogens (tertiary/aromatic N) is 3. The van der Waals surface area contributed by atoms with E-state index in [-0.39, 0.29) is 12.0 Å². The zero-order chi connectivity index (χ0) is 14.5. The molecule has 0 aliphatic heterocycles. The lowest BCUT2D eigenvalue weighted by atomic mass is 10.3. The summed E-state index contributed by atoms with van der Waals surface area (Å²) in [6, 6.07) is 5.63. The van der Waals surface area contributed by atoms with Gasteiger partial charge in [-0.15, -0.1) is 0 Å². The molecule has 9 heteroatoms. The maximum Gasteiger partial charge on any atom is 0.322 e. The Morgan fingerprint density at radius 3 is 2.50 bits per heavy atom. The molecular formula is C11H13BrN6O2. The van der Waals surface area contributed by atoms with Crippen LogP contribution in [0.25, 0.3) is 0 Å². The van der Waals surface area contributed by atoms with Crippen LogP contribution in [-0.2, 0) is 0 Å². The quantitative estimate of drug-likeness (QED) is 0.557. The zero-order valence-corrected chi connectivity index (χ0v) is 12.4. The first-order chi connectivity index (χ1) is 9.66. The standard InChI is InChI=1S/C11H13BrN6O2/c1-19-6-3-4-7(12)8(5-6)14-9-15-10(18-13)17-11(16-9)20-2/h3-5H,13H2,1-2H3,(H2,14,15,16,17,18). The fraction of sp³-hybridized carbons (Fsp3) is 0.182. The molecule has 0 unspecified atom stereocenters. The van der Waals surface area contributed by atoms with Gasteiger partial charge in [0.2, 0.25) is 11.9 Å². The summed E-state index contributed by atoms with van der Waals surface area (Å²) < 4.78 is 11.0. The number of nitrogens with two attached hydrogens (primary N) is 1. The highest BCUT2D eigenvalue weighted by molar-refractivity contribution is 9.10. The first kappa shape index (κ1) is 14.3. The van der Waals surface area contributed by atoms with Gasteiger partial charge in [-0.2, -0.15) is 15.0 Å². The number of halogens is 1. The number of nitrogen functional groups attached to an aromatic ring is 1. The smallest absolute Gasteiger partial charge is 0.322 e. The second kappa shape index (κ2) is 6.35. The molecule has 20 heavy (non-hydrogen) atoms. The highest BCUT2D eigenvalue weighted by Gasteiger charge is 2.09. The van der Waals surface area contributed by atoms with E-state index in [1.165, 1.54) is 7.11 Å². The molecular weight excluding hydrogens is 328 g/mol. The van der Waals surface area contributed by atoms with E-state index in [0.717, 1.165) is 10.2 Å². The van der Waals surface area contributed by atoms with Gasteiger partial charge >= 0.3 is 6.01 Å². The second-order valence-corrected chi connectivity index (χ2v) is 4.44. The summed E-state index contributed by atoms with van der Waals surface area (Å²) in [6.07, 6.45) is 0. The number of anilines is 3. The van der Waals surface area contributed by atoms with Gasteiger partial charge in [-0.3, -0.25) is 5.43 Å². The van der Waals surface area contributed by atoms with Crippen molar-refractivity contribution in [1.82, 2.24) is 15.0 Å². The van der Waals surface area contributed by atoms with E-state index < -0.39 is 0 Å². The maximum atomic E-state index is 5.30. The molecule has 0 atom stereocenters. The first-order valence-corrected chi connectivity index (χ1v) is 6.33. The molecule has 0 saturated heterocycles. The molecule has 0 saturated carbocycles. The molecule has 0 fully saturated rings. The van der Waals surface area contributed by atoms with Gasteiger partial charge < -0.3 is 14.8 Å². The zero-order valence-electron chi connectivity index (χ0n) is 10.8. The third-order valence-corrected chi connectivity index (χ3v) is 3.04. The van der Waals surface area contributed by atoms with Gasteiger partial charge in [-0.05, 0) is 28.1 Å². The van der Waals surface area contributed by atoms with Crippen LogP contribution < -0.4 is 26.1 Å². The van der Waals surface area contributed by atoms with Gasteiger partial charge in [0, 0.05) is 10.5 Å². The van der Waals surface area contributed by atoms with Gasteiger partial charge in [0.1, 0.15) is 5.75 Å². The molecule has 2 rings (SSSR count). The fourth-order valence-electron chi connectivity index (χ4n) is 1.42. The SMILES string of the molecule is COc1ccc(Br)c(Nc2nc(NN)nc(OC)n2)c1. The minimum Gasteiger partial charge on any atom is -0.497 e. The van der Waals surface area contributed by atoms with Gasteiger partial charge in [0.15, 0.2) is 0 Å². The van der Waals surface area contributed by atoms with Crippen LogP contribution in [0.2, 0.25) is 0 Å². The van der Waals surface area contributed by atoms with Crippen LogP contribution in [0.3, 0.4) is 0 Å². The van der Waals surface area contributed by atoms with E-state index in [9.17, 15) is 0 Å². The van der Waals surface area contributed by atoms with Crippen LogP contribution in [-0.4, -0.2) is 29.2 Å². The molecule has 0 bridgehead atoms. The summed E-state index contributed by atoms with van der Waals surface area (Å²) in [5.41, 5.74) is 3.08. The van der Waals surface area contributed by atoms with Crippen molar-refractivity contribution in [3.8, 4) is 11.8 Å². The van der Waals surface area contributed by atoms with E-state index >= 15 is 0 Å². The van der Waals surface area contributed by atoms with Crippen molar-refractivity contribution in [3.63, 3.8) is 0 Å². The van der Waals surface area contributed by atoms with Crippen molar-refractivity contribution >= 4 is 33.5 Å². The molecule has 4 N–H and O–H groups in total. The number of hydrogen-bond acceptors (Lipinski definition) is 8. The predicted molar refractivity (Wildman–Crippen MR) is 78.2 cm³/mol. The summed E-state index contributed by atoms with van der Waals surface area (Å²) in [7, 11) is 3.05. The number of aromatic nitrogens is 3. The van der Waals surface area contributed by atoms with E-state index in [4.69, 9.17) is 15.3 Å². The summed E-state index contributed by atoms with van der Waals surface area (Å²) >= 11 is 3.43. The van der Waals surface area contributed by atoms with Crippen LogP contribution in [0.1, 0.15) is 0 Å². The summed E-state index contributed by atoms with van der Waals surface area (Å²) in [5.74, 6) is 6.48. The number of hydrazine groups is 1. The molecule has 1 aromatic carbocycles. The van der Waals surface area contributed by atoms with E-state index in [1.54, 1.807) is 13.2 Å². The monoisotopic (exact) mass is 340 g/mol. The third-order valence-electron chi connectivity index (χ3n) is 2.35. The molecule has 0 aliphatic rings. The van der Waals surface area contributed by atoms with Gasteiger partial charge in [-0.1, -0.05) is 0 Å². The molecule has 0 aliphatic carbocycles. The Morgan fingerprint density at radius 2 is 1.85 bits per heavy atom. The van der Waals surface area contributed by atoms with E-state index in [2.05, 4.69) is 41.6 Å². The Hall–Kier alpha value is -2.13. The largest absolute Gasteiger partial charge is 0.497 e. The van der Waals surface area contributed by atoms with Gasteiger partial charge in [0.25, 0.3) is 0 Å². The van der Waals surface area contributed by atoms with Crippen LogP contribution in [0.4, 0.5) is 17.6 Å². The molecule has 0 amide bonds. The molecule has 8 nitrogen and oxygen atoms in total. The van der Waals surface area contributed by atoms with E-state index in [1.807, 2.05) is 12.1 Å². The number of nitrogens with one attached hydrogen (secondary N) is 2.